The SMILES string of the molecule is CCCCc1ccc(N2CCN(S(=O)(=O)C3(C(=O)NO)CCN(CCOC)CC3)CC2)nc1. The van der Waals surface area contributed by atoms with Gasteiger partial charge in [-0.3, -0.25) is 10.0 Å². The zero-order valence-electron chi connectivity index (χ0n) is 19.7. The summed E-state index contributed by atoms with van der Waals surface area (Å²) in [6.45, 7) is 5.82. The number of carbonyl (C=O) groups excluding carboxylic acids is 1. The van der Waals surface area contributed by atoms with Gasteiger partial charge in [0.25, 0.3) is 5.91 Å². The van der Waals surface area contributed by atoms with Crippen molar-refractivity contribution in [2.75, 3.05) is 64.4 Å². The molecule has 11 heteroatoms. The van der Waals surface area contributed by atoms with Crippen LogP contribution in [0.3, 0.4) is 0 Å². The second kappa shape index (κ2) is 11.6. The van der Waals surface area contributed by atoms with Gasteiger partial charge in [-0.2, -0.15) is 4.31 Å². The van der Waals surface area contributed by atoms with Crippen LogP contribution in [0.15, 0.2) is 18.3 Å². The van der Waals surface area contributed by atoms with Crippen LogP contribution in [0.2, 0.25) is 0 Å². The molecular formula is C22H37N5O5S. The first-order valence-corrected chi connectivity index (χ1v) is 13.2. The predicted molar refractivity (Wildman–Crippen MR) is 126 cm³/mol. The third kappa shape index (κ3) is 5.65. The summed E-state index contributed by atoms with van der Waals surface area (Å²) in [6.07, 6.45) is 5.43. The van der Waals surface area contributed by atoms with Crippen molar-refractivity contribution < 1.29 is 23.2 Å². The van der Waals surface area contributed by atoms with Crippen molar-refractivity contribution >= 4 is 21.7 Å². The van der Waals surface area contributed by atoms with Gasteiger partial charge in [0.05, 0.1) is 6.61 Å². The molecule has 0 bridgehead atoms. The van der Waals surface area contributed by atoms with Crippen LogP contribution in [-0.2, 0) is 26.0 Å². The molecule has 1 aromatic rings. The van der Waals surface area contributed by atoms with Gasteiger partial charge < -0.3 is 14.5 Å². The molecule has 186 valence electrons. The van der Waals surface area contributed by atoms with Crippen molar-refractivity contribution in [3.05, 3.63) is 23.9 Å². The van der Waals surface area contributed by atoms with Crippen LogP contribution < -0.4 is 10.4 Å². The second-order valence-corrected chi connectivity index (χ2v) is 11.0. The molecule has 3 heterocycles. The van der Waals surface area contributed by atoms with Gasteiger partial charge in [0.15, 0.2) is 4.75 Å². The Morgan fingerprint density at radius 3 is 2.42 bits per heavy atom. The van der Waals surface area contributed by atoms with Gasteiger partial charge >= 0.3 is 0 Å². The number of sulfonamides is 1. The largest absolute Gasteiger partial charge is 0.383 e. The number of methoxy groups -OCH3 is 1. The van der Waals surface area contributed by atoms with E-state index < -0.39 is 20.7 Å². The van der Waals surface area contributed by atoms with Gasteiger partial charge in [-0.05, 0) is 37.3 Å². The van der Waals surface area contributed by atoms with Crippen molar-refractivity contribution in [1.29, 1.82) is 0 Å². The van der Waals surface area contributed by atoms with E-state index in [2.05, 4.69) is 27.8 Å². The van der Waals surface area contributed by atoms with E-state index in [9.17, 15) is 18.4 Å². The van der Waals surface area contributed by atoms with Crippen LogP contribution in [0.4, 0.5) is 5.82 Å². The maximum atomic E-state index is 13.6. The van der Waals surface area contributed by atoms with E-state index in [0.29, 0.717) is 39.3 Å². The Hall–Kier alpha value is -1.79. The number of aryl methyl sites for hydroxylation is 1. The maximum absolute atomic E-state index is 13.6. The molecule has 1 aromatic heterocycles. The molecule has 3 rings (SSSR count). The number of likely N-dealkylation sites (tertiary alicyclic amines) is 1. The fourth-order valence-corrected chi connectivity index (χ4v) is 6.72. The van der Waals surface area contributed by atoms with Gasteiger partial charge in [0, 0.05) is 59.1 Å². The number of ether oxygens (including phenoxy) is 1. The molecule has 0 atom stereocenters. The Kier molecular flexibility index (Phi) is 9.05. The smallest absolute Gasteiger partial charge is 0.266 e. The molecule has 0 aliphatic carbocycles. The van der Waals surface area contributed by atoms with E-state index in [1.807, 2.05) is 12.3 Å². The Labute approximate surface area is 196 Å². The second-order valence-electron chi connectivity index (χ2n) is 8.79. The average molecular weight is 484 g/mol. The van der Waals surface area contributed by atoms with Crippen LogP contribution in [-0.4, -0.2) is 98.0 Å². The molecule has 0 aromatic carbocycles. The van der Waals surface area contributed by atoms with E-state index in [1.54, 1.807) is 12.6 Å². The third-order valence-electron chi connectivity index (χ3n) is 6.82. The van der Waals surface area contributed by atoms with Crippen LogP contribution in [0.5, 0.6) is 0 Å². The molecule has 2 saturated heterocycles. The quantitative estimate of drug-likeness (QED) is 0.372. The highest BCUT2D eigenvalue weighted by Crippen LogP contribution is 2.34. The highest BCUT2D eigenvalue weighted by Gasteiger charge is 2.55. The first-order chi connectivity index (χ1) is 15.9. The number of rotatable bonds is 10. The summed E-state index contributed by atoms with van der Waals surface area (Å²) in [4.78, 5) is 21.4. The standard InChI is InChI=1S/C22H37N5O5S/c1-3-4-5-19-6-7-20(23-18-19)26-12-14-27(15-13-26)33(30,31)22(21(28)24-29)8-10-25(11-9-22)16-17-32-2/h6-7,18,29H,3-5,8-17H2,1-2H3,(H,24,28). The van der Waals surface area contributed by atoms with Gasteiger partial charge in [0.1, 0.15) is 5.82 Å². The van der Waals surface area contributed by atoms with Crippen molar-refractivity contribution in [2.45, 2.75) is 43.8 Å². The minimum atomic E-state index is -3.97. The molecule has 0 unspecified atom stereocenters. The average Bonchev–Trinajstić information content (AvgIpc) is 2.86. The van der Waals surface area contributed by atoms with Gasteiger partial charge in [-0.1, -0.05) is 19.4 Å². The normalized spacial score (nSPS) is 20.0. The summed E-state index contributed by atoms with van der Waals surface area (Å²) in [6, 6.07) is 4.07. The van der Waals surface area contributed by atoms with Crippen LogP contribution in [0, 0.1) is 0 Å². The van der Waals surface area contributed by atoms with Crippen molar-refractivity contribution in [1.82, 2.24) is 19.7 Å². The van der Waals surface area contributed by atoms with E-state index in [1.165, 1.54) is 9.87 Å². The number of amides is 1. The Balaban J connectivity index is 1.66. The summed E-state index contributed by atoms with van der Waals surface area (Å²) in [5, 5.41) is 9.36. The monoisotopic (exact) mass is 483 g/mol. The topological polar surface area (TPSA) is 115 Å². The number of nitrogens with zero attached hydrogens (tertiary/aromatic N) is 4. The molecule has 2 aliphatic rings. The van der Waals surface area contributed by atoms with E-state index in [0.717, 1.165) is 25.1 Å². The highest BCUT2D eigenvalue weighted by atomic mass is 32.2. The minimum Gasteiger partial charge on any atom is -0.383 e. The molecule has 2 fully saturated rings. The first kappa shape index (κ1) is 25.8. The summed E-state index contributed by atoms with van der Waals surface area (Å²) in [7, 11) is -2.35. The predicted octanol–water partition coefficient (Wildman–Crippen LogP) is 0.862. The van der Waals surface area contributed by atoms with E-state index in [-0.39, 0.29) is 25.9 Å². The van der Waals surface area contributed by atoms with Crippen LogP contribution in [0.1, 0.15) is 38.2 Å². The lowest BCUT2D eigenvalue weighted by molar-refractivity contribution is -0.133. The number of carbonyl (C=O) groups is 1. The third-order valence-corrected chi connectivity index (χ3v) is 9.44. The molecule has 33 heavy (non-hydrogen) atoms. The lowest BCUT2D eigenvalue weighted by Crippen LogP contribution is -2.63. The number of pyridine rings is 1. The molecule has 10 nitrogen and oxygen atoms in total. The first-order valence-electron chi connectivity index (χ1n) is 11.7. The molecular weight excluding hydrogens is 446 g/mol. The lowest BCUT2D eigenvalue weighted by Gasteiger charge is -2.43. The summed E-state index contributed by atoms with van der Waals surface area (Å²) in [5.41, 5.74) is 2.83. The molecule has 0 radical (unpaired) electrons. The highest BCUT2D eigenvalue weighted by molar-refractivity contribution is 7.91. The fourth-order valence-electron chi connectivity index (χ4n) is 4.60. The maximum Gasteiger partial charge on any atom is 0.266 e. The lowest BCUT2D eigenvalue weighted by atomic mass is 9.95. The zero-order chi connectivity index (χ0) is 23.9. The number of hydrogen-bond donors (Lipinski definition) is 2. The van der Waals surface area contributed by atoms with E-state index in [4.69, 9.17) is 4.74 Å². The Morgan fingerprint density at radius 2 is 1.88 bits per heavy atom. The van der Waals surface area contributed by atoms with Gasteiger partial charge in [0.2, 0.25) is 10.0 Å². The van der Waals surface area contributed by atoms with Crippen LogP contribution >= 0.6 is 0 Å². The number of hydrogen-bond acceptors (Lipinski definition) is 8. The number of nitrogens with one attached hydrogen (secondary N) is 1. The number of unbranched alkanes of at least 4 members (excludes halogenated alkanes) is 1. The number of piperidine rings is 1. The summed E-state index contributed by atoms with van der Waals surface area (Å²) in [5.74, 6) is -0.0118. The molecule has 2 aliphatic heterocycles. The van der Waals surface area contributed by atoms with Crippen LogP contribution in [0.25, 0.3) is 0 Å². The van der Waals surface area contributed by atoms with Gasteiger partial charge in [-0.25, -0.2) is 18.9 Å². The van der Waals surface area contributed by atoms with Crippen molar-refractivity contribution in [2.24, 2.45) is 0 Å². The fraction of sp³-hybridized carbons (Fsp3) is 0.727. The molecule has 1 amide bonds. The number of hydroxylamine groups is 1. The Bertz CT molecular complexity index is 864. The van der Waals surface area contributed by atoms with Crippen molar-refractivity contribution in [3.8, 4) is 0 Å². The van der Waals surface area contributed by atoms with Crippen molar-refractivity contribution in [3.63, 3.8) is 0 Å². The molecule has 0 saturated carbocycles. The van der Waals surface area contributed by atoms with E-state index >= 15 is 0 Å². The zero-order valence-corrected chi connectivity index (χ0v) is 20.5. The number of aromatic nitrogens is 1. The molecule has 2 N–H and O–H groups in total. The Morgan fingerprint density at radius 1 is 1.18 bits per heavy atom. The summed E-state index contributed by atoms with van der Waals surface area (Å²) < 4.78 is 32.1. The number of anilines is 1. The van der Waals surface area contributed by atoms with Gasteiger partial charge in [-0.15, -0.1) is 0 Å². The molecule has 0 spiro atoms. The number of piperazine rings is 1. The minimum absolute atomic E-state index is 0.131. The summed E-state index contributed by atoms with van der Waals surface area (Å²) >= 11 is 0.